The second-order valence-corrected chi connectivity index (χ2v) is 3.22. The van der Waals surface area contributed by atoms with Gasteiger partial charge in [0.1, 0.15) is 12.4 Å². The molecule has 1 aromatic rings. The third kappa shape index (κ3) is 4.55. The molecule has 0 aliphatic heterocycles. The van der Waals surface area contributed by atoms with Crippen molar-refractivity contribution in [1.29, 1.82) is 0 Å². The third-order valence-corrected chi connectivity index (χ3v) is 1.96. The molecule has 17 heavy (non-hydrogen) atoms. The molecule has 0 unspecified atom stereocenters. The Morgan fingerprint density at radius 3 is 2.88 bits per heavy atom. The summed E-state index contributed by atoms with van der Waals surface area (Å²) >= 11 is 0. The topological polar surface area (TPSA) is 35.5 Å². The molecule has 0 spiro atoms. The molecule has 0 N–H and O–H groups in total. The summed E-state index contributed by atoms with van der Waals surface area (Å²) in [5.74, 6) is 0.360. The predicted octanol–water partition coefficient (Wildman–Crippen LogP) is 2.83. The highest BCUT2D eigenvalue weighted by molar-refractivity contribution is 5.87. The van der Waals surface area contributed by atoms with Crippen molar-refractivity contribution in [3.63, 3.8) is 0 Å². The molecule has 0 saturated carbocycles. The van der Waals surface area contributed by atoms with Crippen LogP contribution in [0.3, 0.4) is 0 Å². The number of carbonyl (C=O) groups is 1. The molecule has 1 aromatic carbocycles. The van der Waals surface area contributed by atoms with Crippen LogP contribution in [0.2, 0.25) is 0 Å². The van der Waals surface area contributed by atoms with Crippen LogP contribution in [0.4, 0.5) is 0 Å². The lowest BCUT2D eigenvalue weighted by atomic mass is 10.2. The lowest BCUT2D eigenvalue weighted by molar-refractivity contribution is -0.137. The third-order valence-electron chi connectivity index (χ3n) is 1.96. The van der Waals surface area contributed by atoms with Gasteiger partial charge in [0, 0.05) is 11.6 Å². The fourth-order valence-corrected chi connectivity index (χ4v) is 1.25. The van der Waals surface area contributed by atoms with Gasteiger partial charge >= 0.3 is 5.97 Å². The van der Waals surface area contributed by atoms with Crippen LogP contribution in [0.1, 0.15) is 12.5 Å². The van der Waals surface area contributed by atoms with E-state index in [0.29, 0.717) is 19.0 Å². The molecule has 1 rings (SSSR count). The maximum Gasteiger partial charge on any atom is 0.330 e. The molecule has 0 fully saturated rings. The van der Waals surface area contributed by atoms with E-state index in [2.05, 4.69) is 6.58 Å². The minimum absolute atomic E-state index is 0.356. The van der Waals surface area contributed by atoms with Crippen LogP contribution < -0.4 is 4.74 Å². The molecular formula is C14H16O3. The Kier molecular flexibility index (Phi) is 5.58. The Labute approximate surface area is 101 Å². The van der Waals surface area contributed by atoms with Gasteiger partial charge in [-0.3, -0.25) is 0 Å². The van der Waals surface area contributed by atoms with E-state index in [0.717, 1.165) is 5.56 Å². The van der Waals surface area contributed by atoms with Crippen molar-refractivity contribution in [2.75, 3.05) is 13.2 Å². The molecule has 3 nitrogen and oxygen atoms in total. The number of benzene rings is 1. The van der Waals surface area contributed by atoms with Crippen LogP contribution in [0.15, 0.2) is 43.0 Å². The van der Waals surface area contributed by atoms with Gasteiger partial charge in [-0.2, -0.15) is 0 Å². The zero-order valence-electron chi connectivity index (χ0n) is 9.89. The summed E-state index contributed by atoms with van der Waals surface area (Å²) < 4.78 is 10.3. The summed E-state index contributed by atoms with van der Waals surface area (Å²) in [7, 11) is 0. The molecule has 0 heterocycles. The standard InChI is InChI=1S/C14H16O3/c1-3-11-17-13-8-6-5-7-12(13)9-10-14(15)16-4-2/h3,5-10H,1,4,11H2,2H3/b10-9+. The van der Waals surface area contributed by atoms with Crippen molar-refractivity contribution in [2.45, 2.75) is 6.92 Å². The monoisotopic (exact) mass is 232 g/mol. The Hall–Kier alpha value is -2.03. The molecule has 90 valence electrons. The normalized spacial score (nSPS) is 10.2. The van der Waals surface area contributed by atoms with E-state index in [1.54, 1.807) is 19.1 Å². The number of hydrogen-bond acceptors (Lipinski definition) is 3. The van der Waals surface area contributed by atoms with Crippen molar-refractivity contribution in [1.82, 2.24) is 0 Å². The van der Waals surface area contributed by atoms with E-state index in [-0.39, 0.29) is 5.97 Å². The SMILES string of the molecule is C=CCOc1ccccc1/C=C/C(=O)OCC. The van der Waals surface area contributed by atoms with Gasteiger partial charge in [0.25, 0.3) is 0 Å². The average molecular weight is 232 g/mol. The Morgan fingerprint density at radius 2 is 2.18 bits per heavy atom. The number of para-hydroxylation sites is 1. The number of esters is 1. The summed E-state index contributed by atoms with van der Waals surface area (Å²) in [6.45, 7) is 6.17. The summed E-state index contributed by atoms with van der Waals surface area (Å²) in [6.07, 6.45) is 4.74. The van der Waals surface area contributed by atoms with Gasteiger partial charge in [0.05, 0.1) is 6.61 Å². The van der Waals surface area contributed by atoms with Crippen molar-refractivity contribution < 1.29 is 14.3 Å². The summed E-state index contributed by atoms with van der Waals surface area (Å²) in [4.78, 5) is 11.2. The van der Waals surface area contributed by atoms with Crippen LogP contribution in [0, 0.1) is 0 Å². The smallest absolute Gasteiger partial charge is 0.330 e. The first-order valence-electron chi connectivity index (χ1n) is 5.45. The fourth-order valence-electron chi connectivity index (χ4n) is 1.25. The molecule has 0 saturated heterocycles. The molecule has 0 bridgehead atoms. The van der Waals surface area contributed by atoms with Crippen molar-refractivity contribution in [3.05, 3.63) is 48.6 Å². The van der Waals surface area contributed by atoms with Crippen LogP contribution in [-0.2, 0) is 9.53 Å². The van der Waals surface area contributed by atoms with Crippen molar-refractivity contribution in [3.8, 4) is 5.75 Å². The van der Waals surface area contributed by atoms with Gasteiger partial charge in [-0.1, -0.05) is 30.9 Å². The van der Waals surface area contributed by atoms with Gasteiger partial charge in [-0.15, -0.1) is 0 Å². The zero-order chi connectivity index (χ0) is 12.5. The van der Waals surface area contributed by atoms with E-state index < -0.39 is 0 Å². The first-order chi connectivity index (χ1) is 8.27. The maximum atomic E-state index is 11.2. The number of ether oxygens (including phenoxy) is 2. The van der Waals surface area contributed by atoms with Crippen LogP contribution >= 0.6 is 0 Å². The molecule has 0 radical (unpaired) electrons. The Bertz CT molecular complexity index is 408. The van der Waals surface area contributed by atoms with Crippen molar-refractivity contribution >= 4 is 12.0 Å². The molecule has 0 atom stereocenters. The van der Waals surface area contributed by atoms with Gasteiger partial charge in [-0.05, 0) is 19.1 Å². The van der Waals surface area contributed by atoms with Gasteiger partial charge in [0.2, 0.25) is 0 Å². The quantitative estimate of drug-likeness (QED) is 0.430. The molecule has 0 amide bonds. The van der Waals surface area contributed by atoms with E-state index in [4.69, 9.17) is 9.47 Å². The predicted molar refractivity (Wildman–Crippen MR) is 67.8 cm³/mol. The largest absolute Gasteiger partial charge is 0.489 e. The zero-order valence-corrected chi connectivity index (χ0v) is 9.89. The number of rotatable bonds is 6. The lowest BCUT2D eigenvalue weighted by Gasteiger charge is -2.06. The van der Waals surface area contributed by atoms with Gasteiger partial charge < -0.3 is 9.47 Å². The minimum atomic E-state index is -0.356. The van der Waals surface area contributed by atoms with Gasteiger partial charge in [-0.25, -0.2) is 4.79 Å². The number of hydrogen-bond donors (Lipinski definition) is 0. The maximum absolute atomic E-state index is 11.2. The molecular weight excluding hydrogens is 216 g/mol. The fraction of sp³-hybridized carbons (Fsp3) is 0.214. The molecule has 0 aromatic heterocycles. The first kappa shape index (κ1) is 13.0. The van der Waals surface area contributed by atoms with E-state index in [1.807, 2.05) is 24.3 Å². The summed E-state index contributed by atoms with van der Waals surface area (Å²) in [5.41, 5.74) is 0.836. The Balaban J connectivity index is 2.75. The second-order valence-electron chi connectivity index (χ2n) is 3.22. The first-order valence-corrected chi connectivity index (χ1v) is 5.45. The Morgan fingerprint density at radius 1 is 1.41 bits per heavy atom. The second kappa shape index (κ2) is 7.28. The minimum Gasteiger partial charge on any atom is -0.489 e. The number of carbonyl (C=O) groups excluding carboxylic acids is 1. The van der Waals surface area contributed by atoms with Crippen LogP contribution in [0.5, 0.6) is 5.75 Å². The highest BCUT2D eigenvalue weighted by atomic mass is 16.5. The average Bonchev–Trinajstić information content (AvgIpc) is 2.35. The molecule has 0 aliphatic rings. The van der Waals surface area contributed by atoms with Crippen LogP contribution in [0.25, 0.3) is 6.08 Å². The molecule has 3 heteroatoms. The van der Waals surface area contributed by atoms with E-state index in [9.17, 15) is 4.79 Å². The molecule has 0 aliphatic carbocycles. The van der Waals surface area contributed by atoms with Crippen molar-refractivity contribution in [2.24, 2.45) is 0 Å². The van der Waals surface area contributed by atoms with Crippen LogP contribution in [-0.4, -0.2) is 19.2 Å². The lowest BCUT2D eigenvalue weighted by Crippen LogP contribution is -1.99. The summed E-state index contributed by atoms with van der Waals surface area (Å²) in [6, 6.07) is 7.47. The van der Waals surface area contributed by atoms with E-state index in [1.165, 1.54) is 6.08 Å². The summed E-state index contributed by atoms with van der Waals surface area (Å²) in [5, 5.41) is 0. The highest BCUT2D eigenvalue weighted by Gasteiger charge is 2.00. The highest BCUT2D eigenvalue weighted by Crippen LogP contribution is 2.19. The van der Waals surface area contributed by atoms with E-state index >= 15 is 0 Å². The van der Waals surface area contributed by atoms with Gasteiger partial charge in [0.15, 0.2) is 0 Å².